The molecule has 0 spiro atoms. The van der Waals surface area contributed by atoms with Gasteiger partial charge in [-0.05, 0) is 31.6 Å². The summed E-state index contributed by atoms with van der Waals surface area (Å²) in [5, 5.41) is 0. The van der Waals surface area contributed by atoms with Crippen molar-refractivity contribution in [2.45, 2.75) is 50.2 Å². The molecule has 1 fully saturated rings. The number of hydrogen-bond donors (Lipinski definition) is 1. The molecule has 4 nitrogen and oxygen atoms in total. The van der Waals surface area contributed by atoms with E-state index in [0.717, 1.165) is 23.7 Å². The van der Waals surface area contributed by atoms with Crippen LogP contribution in [-0.4, -0.2) is 19.9 Å². The molecule has 0 aliphatic heterocycles. The van der Waals surface area contributed by atoms with Crippen LogP contribution in [0.1, 0.15) is 44.7 Å². The van der Waals surface area contributed by atoms with Crippen LogP contribution in [0.15, 0.2) is 4.21 Å². The van der Waals surface area contributed by atoms with Gasteiger partial charge < -0.3 is 0 Å². The molecule has 0 bridgehead atoms. The van der Waals surface area contributed by atoms with Gasteiger partial charge in [-0.15, -0.1) is 0 Å². The van der Waals surface area contributed by atoms with Gasteiger partial charge in [0.2, 0.25) is 0 Å². The van der Waals surface area contributed by atoms with Gasteiger partial charge in [0.05, 0.1) is 5.69 Å². The van der Waals surface area contributed by atoms with Crippen LogP contribution in [0.25, 0.3) is 0 Å². The van der Waals surface area contributed by atoms with E-state index in [1.165, 1.54) is 25.7 Å². The average molecular weight is 337 g/mol. The molecule has 1 heterocycles. The van der Waals surface area contributed by atoms with E-state index < -0.39 is 10.0 Å². The second-order valence-corrected chi connectivity index (χ2v) is 9.21. The third-order valence-electron chi connectivity index (χ3n) is 3.86. The fraction of sp³-hybridized carbons (Fsp3) is 0.769. The lowest BCUT2D eigenvalue weighted by Crippen LogP contribution is -2.27. The van der Waals surface area contributed by atoms with E-state index in [1.807, 2.05) is 0 Å². The number of nitrogens with zero attached hydrogens (tertiary/aromatic N) is 1. The molecule has 1 aromatic rings. The van der Waals surface area contributed by atoms with Crippen molar-refractivity contribution in [1.82, 2.24) is 9.71 Å². The fourth-order valence-electron chi connectivity index (χ4n) is 2.88. The first kappa shape index (κ1) is 16.2. The van der Waals surface area contributed by atoms with E-state index in [9.17, 15) is 8.42 Å². The van der Waals surface area contributed by atoms with Crippen LogP contribution < -0.4 is 4.72 Å². The van der Waals surface area contributed by atoms with Crippen LogP contribution in [0.2, 0.25) is 4.47 Å². The zero-order valence-electron chi connectivity index (χ0n) is 11.9. The molecule has 0 aromatic carbocycles. The predicted molar refractivity (Wildman–Crippen MR) is 82.8 cm³/mol. The van der Waals surface area contributed by atoms with Crippen LogP contribution >= 0.6 is 22.9 Å². The molecule has 7 heteroatoms. The Balaban J connectivity index is 1.88. The largest absolute Gasteiger partial charge is 0.251 e. The van der Waals surface area contributed by atoms with E-state index in [1.54, 1.807) is 6.92 Å². The second-order valence-electron chi connectivity index (χ2n) is 5.66. The molecule has 0 amide bonds. The number of halogens is 1. The normalized spacial score (nSPS) is 23.9. The van der Waals surface area contributed by atoms with Crippen LogP contribution in [-0.2, 0) is 10.0 Å². The summed E-state index contributed by atoms with van der Waals surface area (Å²) >= 11 is 6.77. The number of sulfonamides is 1. The van der Waals surface area contributed by atoms with Crippen LogP contribution in [0.4, 0.5) is 0 Å². The summed E-state index contributed by atoms with van der Waals surface area (Å²) in [5.74, 6) is 1.42. The van der Waals surface area contributed by atoms with Crippen molar-refractivity contribution in [3.05, 3.63) is 10.2 Å². The van der Waals surface area contributed by atoms with Crippen molar-refractivity contribution in [2.75, 3.05) is 6.54 Å². The lowest BCUT2D eigenvalue weighted by molar-refractivity contribution is 0.271. The molecular formula is C13H21ClN2O2S2. The molecule has 1 aliphatic rings. The molecule has 1 N–H and O–H groups in total. The number of aromatic nitrogens is 1. The molecule has 1 aromatic heterocycles. The summed E-state index contributed by atoms with van der Waals surface area (Å²) in [6, 6.07) is 0. The van der Waals surface area contributed by atoms with Gasteiger partial charge in [-0.25, -0.2) is 18.1 Å². The first-order chi connectivity index (χ1) is 9.38. The number of hydrogen-bond acceptors (Lipinski definition) is 4. The first-order valence-corrected chi connectivity index (χ1v) is 9.69. The molecule has 0 radical (unpaired) electrons. The van der Waals surface area contributed by atoms with Crippen molar-refractivity contribution in [2.24, 2.45) is 11.8 Å². The highest BCUT2D eigenvalue weighted by Gasteiger charge is 2.23. The predicted octanol–water partition coefficient (Wildman–Crippen LogP) is 3.60. The van der Waals surface area contributed by atoms with Crippen molar-refractivity contribution >= 4 is 33.0 Å². The summed E-state index contributed by atoms with van der Waals surface area (Å²) in [7, 11) is -3.46. The monoisotopic (exact) mass is 336 g/mol. The van der Waals surface area contributed by atoms with Gasteiger partial charge in [-0.2, -0.15) is 0 Å². The van der Waals surface area contributed by atoms with E-state index in [4.69, 9.17) is 11.6 Å². The lowest BCUT2D eigenvalue weighted by atomic mass is 9.81. The minimum atomic E-state index is -3.46. The highest BCUT2D eigenvalue weighted by atomic mass is 35.5. The third-order valence-corrected chi connectivity index (χ3v) is 7.19. The van der Waals surface area contributed by atoms with E-state index in [0.29, 0.717) is 18.2 Å². The molecular weight excluding hydrogens is 316 g/mol. The van der Waals surface area contributed by atoms with Gasteiger partial charge in [0.25, 0.3) is 10.0 Å². The Morgan fingerprint density at radius 2 is 2.20 bits per heavy atom. The zero-order valence-corrected chi connectivity index (χ0v) is 14.2. The average Bonchev–Trinajstić information content (AvgIpc) is 2.69. The Labute approximate surface area is 130 Å². The minimum absolute atomic E-state index is 0.236. The van der Waals surface area contributed by atoms with Crippen LogP contribution in [0.3, 0.4) is 0 Å². The Bertz CT molecular complexity index is 557. The van der Waals surface area contributed by atoms with E-state index >= 15 is 0 Å². The van der Waals surface area contributed by atoms with Gasteiger partial charge in [0.1, 0.15) is 0 Å². The summed E-state index contributed by atoms with van der Waals surface area (Å²) in [4.78, 5) is 3.95. The third kappa shape index (κ3) is 4.16. The quantitative estimate of drug-likeness (QED) is 0.893. The van der Waals surface area contributed by atoms with Crippen molar-refractivity contribution < 1.29 is 8.42 Å². The minimum Gasteiger partial charge on any atom is -0.229 e. The second kappa shape index (κ2) is 6.73. The standard InChI is InChI=1S/C13H21ClN2O2S2/c1-9-4-3-5-11(8-9)6-7-15-20(17,18)12-10(2)16-13(14)19-12/h9,11,15H,3-8H2,1-2H3. The highest BCUT2D eigenvalue weighted by Crippen LogP contribution is 2.31. The fourth-order valence-corrected chi connectivity index (χ4v) is 5.71. The number of thiazole rings is 1. The molecule has 2 rings (SSSR count). The van der Waals surface area contributed by atoms with Gasteiger partial charge in [0, 0.05) is 6.54 Å². The molecule has 20 heavy (non-hydrogen) atoms. The molecule has 0 saturated heterocycles. The summed E-state index contributed by atoms with van der Waals surface area (Å²) in [6.07, 6.45) is 5.92. The molecule has 1 aliphatic carbocycles. The van der Waals surface area contributed by atoms with E-state index in [2.05, 4.69) is 16.6 Å². The highest BCUT2D eigenvalue weighted by molar-refractivity contribution is 7.91. The summed E-state index contributed by atoms with van der Waals surface area (Å²) in [6.45, 7) is 4.44. The Morgan fingerprint density at radius 1 is 1.45 bits per heavy atom. The maximum atomic E-state index is 12.2. The van der Waals surface area contributed by atoms with Crippen LogP contribution in [0.5, 0.6) is 0 Å². The Morgan fingerprint density at radius 3 is 2.80 bits per heavy atom. The van der Waals surface area contributed by atoms with Crippen LogP contribution in [0, 0.1) is 18.8 Å². The maximum Gasteiger partial charge on any atom is 0.251 e. The van der Waals surface area contributed by atoms with Crippen molar-refractivity contribution in [1.29, 1.82) is 0 Å². The maximum absolute atomic E-state index is 12.2. The number of rotatable bonds is 5. The molecule has 1 saturated carbocycles. The first-order valence-electron chi connectivity index (χ1n) is 7.01. The molecule has 2 atom stereocenters. The van der Waals surface area contributed by atoms with Crippen molar-refractivity contribution in [3.8, 4) is 0 Å². The lowest BCUT2D eigenvalue weighted by Gasteiger charge is -2.26. The zero-order chi connectivity index (χ0) is 14.8. The van der Waals surface area contributed by atoms with Gasteiger partial charge in [0.15, 0.2) is 8.68 Å². The van der Waals surface area contributed by atoms with Gasteiger partial charge >= 0.3 is 0 Å². The molecule has 2 unspecified atom stereocenters. The summed E-state index contributed by atoms with van der Waals surface area (Å²) < 4.78 is 27.5. The van der Waals surface area contributed by atoms with Crippen molar-refractivity contribution in [3.63, 3.8) is 0 Å². The van der Waals surface area contributed by atoms with E-state index in [-0.39, 0.29) is 8.68 Å². The van der Waals surface area contributed by atoms with Gasteiger partial charge in [-0.3, -0.25) is 0 Å². The molecule has 114 valence electrons. The smallest absolute Gasteiger partial charge is 0.229 e. The topological polar surface area (TPSA) is 59.1 Å². The Hall–Kier alpha value is -0.170. The summed E-state index contributed by atoms with van der Waals surface area (Å²) in [5.41, 5.74) is 0.471. The Kier molecular flexibility index (Phi) is 5.45. The number of nitrogens with one attached hydrogen (secondary N) is 1. The number of aryl methyl sites for hydroxylation is 1. The SMILES string of the molecule is Cc1nc(Cl)sc1S(=O)(=O)NCCC1CCCC(C)C1. The van der Waals surface area contributed by atoms with Gasteiger partial charge in [-0.1, -0.05) is 49.1 Å².